The van der Waals surface area contributed by atoms with Gasteiger partial charge in [-0.2, -0.15) is 0 Å². The molecule has 1 aliphatic rings. The monoisotopic (exact) mass is 250 g/mol. The summed E-state index contributed by atoms with van der Waals surface area (Å²) in [6.45, 7) is 11.1. The molecule has 1 N–H and O–H groups in total. The smallest absolute Gasteiger partial charge is 0.122 e. The summed E-state index contributed by atoms with van der Waals surface area (Å²) in [4.78, 5) is 6.99. The number of imidazole rings is 1. The van der Waals surface area contributed by atoms with Crippen LogP contribution in [0.15, 0.2) is 12.4 Å². The fourth-order valence-electron chi connectivity index (χ4n) is 2.73. The van der Waals surface area contributed by atoms with E-state index in [2.05, 4.69) is 39.8 Å². The summed E-state index contributed by atoms with van der Waals surface area (Å²) in [6.07, 6.45) is 6.68. The number of aromatic nitrogens is 2. The number of nitrogens with one attached hydrogen (secondary N) is 1. The highest BCUT2D eigenvalue weighted by molar-refractivity contribution is 4.92. The third-order valence-electron chi connectivity index (χ3n) is 3.87. The molecule has 0 amide bonds. The number of hydrogen-bond acceptors (Lipinski definition) is 3. The van der Waals surface area contributed by atoms with Gasteiger partial charge in [-0.3, -0.25) is 4.90 Å². The van der Waals surface area contributed by atoms with E-state index in [0.29, 0.717) is 0 Å². The van der Waals surface area contributed by atoms with Crippen molar-refractivity contribution in [1.82, 2.24) is 19.8 Å². The summed E-state index contributed by atoms with van der Waals surface area (Å²) < 4.78 is 2.24. The van der Waals surface area contributed by atoms with Gasteiger partial charge in [0.1, 0.15) is 5.82 Å². The lowest BCUT2D eigenvalue weighted by molar-refractivity contribution is 0.204. The Labute approximate surface area is 110 Å². The molecule has 0 radical (unpaired) electrons. The third kappa shape index (κ3) is 3.56. The summed E-state index contributed by atoms with van der Waals surface area (Å²) in [5.41, 5.74) is 0. The average molecular weight is 250 g/mol. The van der Waals surface area contributed by atoms with Gasteiger partial charge in [-0.1, -0.05) is 6.92 Å². The fraction of sp³-hybridized carbons (Fsp3) is 0.786. The first-order valence-corrected chi connectivity index (χ1v) is 7.26. The zero-order valence-corrected chi connectivity index (χ0v) is 11.7. The third-order valence-corrected chi connectivity index (χ3v) is 3.87. The molecule has 0 aromatic carbocycles. The second kappa shape index (κ2) is 6.90. The van der Waals surface area contributed by atoms with Gasteiger partial charge in [0.2, 0.25) is 0 Å². The summed E-state index contributed by atoms with van der Waals surface area (Å²) in [5, 5.41) is 3.50. The average Bonchev–Trinajstić information content (AvgIpc) is 2.86. The molecule has 1 unspecified atom stereocenters. The molecule has 1 saturated heterocycles. The van der Waals surface area contributed by atoms with E-state index in [4.69, 9.17) is 0 Å². The van der Waals surface area contributed by atoms with Crippen LogP contribution in [0.4, 0.5) is 0 Å². The largest absolute Gasteiger partial charge is 0.334 e. The second-order valence-electron chi connectivity index (χ2n) is 5.17. The van der Waals surface area contributed by atoms with E-state index < -0.39 is 0 Å². The first-order chi connectivity index (χ1) is 8.83. The van der Waals surface area contributed by atoms with E-state index in [1.165, 1.54) is 38.3 Å². The van der Waals surface area contributed by atoms with E-state index >= 15 is 0 Å². The van der Waals surface area contributed by atoms with Gasteiger partial charge in [-0.25, -0.2) is 4.98 Å². The number of hydrogen-bond donors (Lipinski definition) is 1. The van der Waals surface area contributed by atoms with Crippen molar-refractivity contribution in [3.05, 3.63) is 18.2 Å². The molecule has 1 aromatic rings. The SMILES string of the molecule is CCN(Cc1nccn1CC)CC1CCCNC1. The van der Waals surface area contributed by atoms with Crippen LogP contribution >= 0.6 is 0 Å². The molecule has 4 nitrogen and oxygen atoms in total. The van der Waals surface area contributed by atoms with Crippen LogP contribution in [0.25, 0.3) is 0 Å². The molecule has 0 aliphatic carbocycles. The van der Waals surface area contributed by atoms with Crippen molar-refractivity contribution < 1.29 is 0 Å². The maximum Gasteiger partial charge on any atom is 0.122 e. The minimum atomic E-state index is 0.809. The molecule has 1 fully saturated rings. The van der Waals surface area contributed by atoms with Crippen LogP contribution in [0.1, 0.15) is 32.5 Å². The molecular weight excluding hydrogens is 224 g/mol. The second-order valence-corrected chi connectivity index (χ2v) is 5.17. The normalized spacial score (nSPS) is 20.5. The predicted octanol–water partition coefficient (Wildman–Crippen LogP) is 1.72. The first kappa shape index (κ1) is 13.6. The molecule has 0 saturated carbocycles. The van der Waals surface area contributed by atoms with E-state index in [-0.39, 0.29) is 0 Å². The lowest BCUT2D eigenvalue weighted by Gasteiger charge is -2.29. The molecule has 1 aliphatic heterocycles. The topological polar surface area (TPSA) is 33.1 Å². The highest BCUT2D eigenvalue weighted by Gasteiger charge is 2.17. The van der Waals surface area contributed by atoms with Crippen LogP contribution < -0.4 is 5.32 Å². The maximum atomic E-state index is 4.47. The molecule has 1 atom stereocenters. The van der Waals surface area contributed by atoms with Crippen molar-refractivity contribution in [3.8, 4) is 0 Å². The first-order valence-electron chi connectivity index (χ1n) is 7.26. The summed E-state index contributed by atoms with van der Waals surface area (Å²) in [5.74, 6) is 2.01. The molecule has 2 rings (SSSR count). The van der Waals surface area contributed by atoms with Crippen molar-refractivity contribution in [2.75, 3.05) is 26.2 Å². The standard InChI is InChI=1S/C14H26N4/c1-3-17(11-13-6-5-7-15-10-13)12-14-16-8-9-18(14)4-2/h8-9,13,15H,3-7,10-12H2,1-2H3. The van der Waals surface area contributed by atoms with Gasteiger partial charge in [0, 0.05) is 25.5 Å². The van der Waals surface area contributed by atoms with Crippen molar-refractivity contribution in [1.29, 1.82) is 0 Å². The van der Waals surface area contributed by atoms with E-state index in [1.54, 1.807) is 0 Å². The molecule has 4 heteroatoms. The Morgan fingerprint density at radius 1 is 1.50 bits per heavy atom. The summed E-state index contributed by atoms with van der Waals surface area (Å²) >= 11 is 0. The van der Waals surface area contributed by atoms with Gasteiger partial charge in [0.25, 0.3) is 0 Å². The fourth-order valence-corrected chi connectivity index (χ4v) is 2.73. The number of rotatable bonds is 6. The lowest BCUT2D eigenvalue weighted by Crippen LogP contribution is -2.38. The van der Waals surface area contributed by atoms with E-state index in [9.17, 15) is 0 Å². The molecule has 1 aromatic heterocycles. The van der Waals surface area contributed by atoms with Gasteiger partial charge in [0.15, 0.2) is 0 Å². The molecule has 102 valence electrons. The van der Waals surface area contributed by atoms with Crippen LogP contribution in [0.2, 0.25) is 0 Å². The molecule has 2 heterocycles. The minimum Gasteiger partial charge on any atom is -0.334 e. The Balaban J connectivity index is 1.88. The molecular formula is C14H26N4. The van der Waals surface area contributed by atoms with Crippen molar-refractivity contribution in [3.63, 3.8) is 0 Å². The lowest BCUT2D eigenvalue weighted by atomic mass is 9.99. The zero-order chi connectivity index (χ0) is 12.8. The summed E-state index contributed by atoms with van der Waals surface area (Å²) in [6, 6.07) is 0. The van der Waals surface area contributed by atoms with Gasteiger partial charge in [0.05, 0.1) is 6.54 Å². The Bertz CT molecular complexity index is 341. The van der Waals surface area contributed by atoms with Gasteiger partial charge >= 0.3 is 0 Å². The number of aryl methyl sites for hydroxylation is 1. The van der Waals surface area contributed by atoms with Crippen LogP contribution in [-0.2, 0) is 13.1 Å². The quantitative estimate of drug-likeness (QED) is 0.834. The summed E-state index contributed by atoms with van der Waals surface area (Å²) in [7, 11) is 0. The maximum absolute atomic E-state index is 4.47. The minimum absolute atomic E-state index is 0.809. The van der Waals surface area contributed by atoms with Gasteiger partial charge < -0.3 is 9.88 Å². The van der Waals surface area contributed by atoms with Crippen LogP contribution in [0.3, 0.4) is 0 Å². The predicted molar refractivity (Wildman–Crippen MR) is 74.4 cm³/mol. The zero-order valence-electron chi connectivity index (χ0n) is 11.7. The highest BCUT2D eigenvalue weighted by atomic mass is 15.2. The molecule has 18 heavy (non-hydrogen) atoms. The van der Waals surface area contributed by atoms with Crippen molar-refractivity contribution in [2.45, 2.75) is 39.8 Å². The van der Waals surface area contributed by atoms with Crippen molar-refractivity contribution in [2.24, 2.45) is 5.92 Å². The van der Waals surface area contributed by atoms with Gasteiger partial charge in [-0.15, -0.1) is 0 Å². The molecule has 0 spiro atoms. The number of piperidine rings is 1. The Hall–Kier alpha value is -0.870. The Morgan fingerprint density at radius 3 is 3.06 bits per heavy atom. The highest BCUT2D eigenvalue weighted by Crippen LogP contribution is 2.13. The van der Waals surface area contributed by atoms with Crippen molar-refractivity contribution >= 4 is 0 Å². The molecule has 0 bridgehead atoms. The van der Waals surface area contributed by atoms with Gasteiger partial charge in [-0.05, 0) is 45.3 Å². The van der Waals surface area contributed by atoms with Crippen LogP contribution in [0.5, 0.6) is 0 Å². The van der Waals surface area contributed by atoms with Crippen LogP contribution in [0, 0.1) is 5.92 Å². The van der Waals surface area contributed by atoms with E-state index in [0.717, 1.165) is 25.6 Å². The van der Waals surface area contributed by atoms with Crippen LogP contribution in [-0.4, -0.2) is 40.6 Å². The number of nitrogens with zero attached hydrogens (tertiary/aromatic N) is 3. The Kier molecular flexibility index (Phi) is 5.20. The van der Waals surface area contributed by atoms with E-state index in [1.807, 2.05) is 6.20 Å². The Morgan fingerprint density at radius 2 is 2.39 bits per heavy atom.